The Morgan fingerprint density at radius 1 is 0.316 bits per heavy atom. The molecule has 1 unspecified atom stereocenters. The highest BCUT2D eigenvalue weighted by atomic mass is 15.1. The second-order valence-corrected chi connectivity index (χ2v) is 19.4. The van der Waals surface area contributed by atoms with Crippen LogP contribution in [0.5, 0.6) is 0 Å². The molecule has 0 N–H and O–H groups in total. The lowest BCUT2D eigenvalue weighted by atomic mass is 9.88. The largest absolute Gasteiger partial charge is 0.243 e. The van der Waals surface area contributed by atoms with E-state index in [9.17, 15) is 0 Å². The van der Waals surface area contributed by atoms with Crippen molar-refractivity contribution in [2.75, 3.05) is 0 Å². The summed E-state index contributed by atoms with van der Waals surface area (Å²) in [6, 6.07) is 0.691. The van der Waals surface area contributed by atoms with E-state index in [1.54, 1.807) is 0 Å². The molecule has 338 valence electrons. The molecule has 0 fully saturated rings. The topological polar surface area (TPSA) is 8.81 Å². The Morgan fingerprint density at radius 2 is 0.561 bits per heavy atom. The van der Waals surface area contributed by atoms with Crippen molar-refractivity contribution in [2.24, 2.45) is 13.0 Å². The lowest BCUT2D eigenvalue weighted by Gasteiger charge is -2.19. The minimum atomic E-state index is 0.691. The zero-order valence-corrected chi connectivity index (χ0v) is 40.3. The van der Waals surface area contributed by atoms with Gasteiger partial charge in [0.25, 0.3) is 0 Å². The molecule has 0 spiro atoms. The van der Waals surface area contributed by atoms with Gasteiger partial charge in [0.15, 0.2) is 0 Å². The van der Waals surface area contributed by atoms with E-state index in [0.717, 1.165) is 5.92 Å². The molecule has 0 bridgehead atoms. The first-order chi connectivity index (χ1) is 28.2. The second-order valence-electron chi connectivity index (χ2n) is 19.4. The lowest BCUT2D eigenvalue weighted by molar-refractivity contribution is -0.671. The van der Waals surface area contributed by atoms with E-state index in [4.69, 9.17) is 0 Å². The summed E-state index contributed by atoms with van der Waals surface area (Å²) in [6.07, 6.45) is 74.0. The smallest absolute Gasteiger partial charge is 0.240 e. The second kappa shape index (κ2) is 44.8. The SMILES string of the molecule is CCCCCCCCCCCCCCCCCCC(CCCC(CCCCCCCCCCCCCC)CCCCCCCCCCCCCC)n1cc[n+](C)c1. The third-order valence-corrected chi connectivity index (χ3v) is 13.7. The number of rotatable bonds is 48. The first-order valence-electron chi connectivity index (χ1n) is 27.2. The van der Waals surface area contributed by atoms with Crippen LogP contribution in [-0.4, -0.2) is 4.57 Å². The molecule has 0 aromatic carbocycles. The minimum Gasteiger partial charge on any atom is -0.240 e. The minimum absolute atomic E-state index is 0.691. The summed E-state index contributed by atoms with van der Waals surface area (Å²) >= 11 is 0. The van der Waals surface area contributed by atoms with Crippen LogP contribution in [0, 0.1) is 5.92 Å². The normalized spacial score (nSPS) is 12.4. The van der Waals surface area contributed by atoms with E-state index in [0.29, 0.717) is 6.04 Å². The van der Waals surface area contributed by atoms with E-state index in [-0.39, 0.29) is 0 Å². The Labute approximate surface area is 361 Å². The van der Waals surface area contributed by atoms with E-state index < -0.39 is 0 Å². The van der Waals surface area contributed by atoms with Gasteiger partial charge in [0.2, 0.25) is 6.33 Å². The van der Waals surface area contributed by atoms with Crippen molar-refractivity contribution in [3.8, 4) is 0 Å². The van der Waals surface area contributed by atoms with Crippen LogP contribution in [0.1, 0.15) is 322 Å². The fourth-order valence-corrected chi connectivity index (χ4v) is 9.68. The maximum atomic E-state index is 2.57. The summed E-state index contributed by atoms with van der Waals surface area (Å²) < 4.78 is 4.82. The maximum absolute atomic E-state index is 2.57. The standard InChI is InChI=1S/C55H109N2/c1-5-8-11-14-17-20-23-26-27-28-29-32-35-38-41-44-49-55(57-52-51-56(4)53-57)50-45-48-54(46-42-39-36-33-30-24-21-18-15-12-9-6-2)47-43-40-37-34-31-25-22-19-16-13-10-7-3/h51-55H,5-50H2,1-4H3/q+1. The predicted octanol–water partition coefficient (Wildman–Crippen LogP) is 19.5. The number of nitrogens with zero attached hydrogens (tertiary/aromatic N) is 2. The van der Waals surface area contributed by atoms with E-state index in [2.05, 4.69) is 55.7 Å². The van der Waals surface area contributed by atoms with Crippen molar-refractivity contribution in [1.82, 2.24) is 4.57 Å². The fraction of sp³-hybridized carbons (Fsp3) is 0.945. The molecule has 0 amide bonds. The van der Waals surface area contributed by atoms with E-state index in [1.165, 1.54) is 295 Å². The molecule has 1 rings (SSSR count). The monoisotopic (exact) mass is 798 g/mol. The van der Waals surface area contributed by atoms with Crippen molar-refractivity contribution in [3.05, 3.63) is 18.7 Å². The van der Waals surface area contributed by atoms with Crippen LogP contribution < -0.4 is 4.57 Å². The van der Waals surface area contributed by atoms with Crippen LogP contribution in [0.2, 0.25) is 0 Å². The Hall–Kier alpha value is -0.790. The predicted molar refractivity (Wildman–Crippen MR) is 258 cm³/mol. The molecule has 0 aliphatic rings. The van der Waals surface area contributed by atoms with Gasteiger partial charge in [-0.3, -0.25) is 0 Å². The number of aromatic nitrogens is 2. The van der Waals surface area contributed by atoms with Gasteiger partial charge in [-0.2, -0.15) is 0 Å². The third kappa shape index (κ3) is 37.9. The van der Waals surface area contributed by atoms with Gasteiger partial charge < -0.3 is 0 Å². The third-order valence-electron chi connectivity index (χ3n) is 13.7. The molecule has 0 radical (unpaired) electrons. The van der Waals surface area contributed by atoms with Crippen LogP contribution in [0.25, 0.3) is 0 Å². The summed E-state index contributed by atoms with van der Waals surface area (Å²) in [5.41, 5.74) is 0. The zero-order chi connectivity index (χ0) is 41.0. The average molecular weight is 798 g/mol. The molecule has 57 heavy (non-hydrogen) atoms. The molecule has 0 aliphatic heterocycles. The van der Waals surface area contributed by atoms with Crippen LogP contribution in [0.3, 0.4) is 0 Å². The van der Waals surface area contributed by atoms with Gasteiger partial charge in [-0.15, -0.1) is 0 Å². The Morgan fingerprint density at radius 3 is 0.842 bits per heavy atom. The molecule has 0 aliphatic carbocycles. The van der Waals surface area contributed by atoms with Crippen LogP contribution in [0.15, 0.2) is 18.7 Å². The summed E-state index contributed by atoms with van der Waals surface area (Å²) in [7, 11) is 2.20. The van der Waals surface area contributed by atoms with Crippen LogP contribution in [0.4, 0.5) is 0 Å². The van der Waals surface area contributed by atoms with E-state index >= 15 is 0 Å². The van der Waals surface area contributed by atoms with Gasteiger partial charge >= 0.3 is 0 Å². The van der Waals surface area contributed by atoms with Gasteiger partial charge in [-0.25, -0.2) is 9.13 Å². The Kier molecular flexibility index (Phi) is 42.6. The lowest BCUT2D eigenvalue weighted by Crippen LogP contribution is -2.24. The molecule has 0 saturated heterocycles. The summed E-state index contributed by atoms with van der Waals surface area (Å²) in [4.78, 5) is 0. The summed E-state index contributed by atoms with van der Waals surface area (Å²) in [6.45, 7) is 6.97. The maximum Gasteiger partial charge on any atom is 0.243 e. The summed E-state index contributed by atoms with van der Waals surface area (Å²) in [5, 5.41) is 0. The van der Waals surface area contributed by atoms with Crippen molar-refractivity contribution >= 4 is 0 Å². The van der Waals surface area contributed by atoms with Crippen molar-refractivity contribution in [1.29, 1.82) is 0 Å². The molecule has 2 heteroatoms. The van der Waals surface area contributed by atoms with Crippen LogP contribution in [-0.2, 0) is 7.05 Å². The Bertz CT molecular complexity index is 846. The molecular formula is C55H109N2+. The van der Waals surface area contributed by atoms with Crippen molar-refractivity contribution in [3.63, 3.8) is 0 Å². The highest BCUT2D eigenvalue weighted by Crippen LogP contribution is 2.28. The van der Waals surface area contributed by atoms with Gasteiger partial charge in [0.1, 0.15) is 18.4 Å². The number of aryl methyl sites for hydroxylation is 1. The first-order valence-corrected chi connectivity index (χ1v) is 27.2. The quantitative estimate of drug-likeness (QED) is 0.0459. The molecule has 2 nitrogen and oxygen atoms in total. The molecule has 1 aromatic rings. The van der Waals surface area contributed by atoms with Crippen molar-refractivity contribution in [2.45, 2.75) is 322 Å². The first kappa shape index (κ1) is 54.2. The summed E-state index contributed by atoms with van der Waals surface area (Å²) in [5.74, 6) is 0.966. The fourth-order valence-electron chi connectivity index (χ4n) is 9.68. The molecular weight excluding hydrogens is 689 g/mol. The van der Waals surface area contributed by atoms with Crippen LogP contribution >= 0.6 is 0 Å². The number of hydrogen-bond donors (Lipinski definition) is 0. The highest BCUT2D eigenvalue weighted by molar-refractivity contribution is 4.76. The number of unbranched alkanes of at least 4 members (excludes halogenated alkanes) is 37. The molecule has 1 aromatic heterocycles. The Balaban J connectivity index is 2.34. The van der Waals surface area contributed by atoms with Gasteiger partial charge in [-0.1, -0.05) is 290 Å². The highest BCUT2D eigenvalue weighted by Gasteiger charge is 2.18. The molecule has 1 heterocycles. The molecule has 0 saturated carbocycles. The van der Waals surface area contributed by atoms with Gasteiger partial charge in [0.05, 0.1) is 7.05 Å². The average Bonchev–Trinajstić information content (AvgIpc) is 3.66. The van der Waals surface area contributed by atoms with Crippen molar-refractivity contribution < 1.29 is 4.57 Å². The number of hydrogen-bond acceptors (Lipinski definition) is 0. The number of imidazole rings is 1. The van der Waals surface area contributed by atoms with Gasteiger partial charge in [-0.05, 0) is 31.6 Å². The molecule has 1 atom stereocenters. The van der Waals surface area contributed by atoms with E-state index in [1.807, 2.05) is 0 Å². The zero-order valence-electron chi connectivity index (χ0n) is 40.3. The van der Waals surface area contributed by atoms with Gasteiger partial charge in [0, 0.05) is 0 Å².